The van der Waals surface area contributed by atoms with Crippen LogP contribution in [-0.2, 0) is 6.54 Å². The number of aliphatic hydroxyl groups is 2. The molecule has 0 spiro atoms. The molecule has 0 saturated heterocycles. The summed E-state index contributed by atoms with van der Waals surface area (Å²) in [6.07, 6.45) is 2.75. The number of hydrogen-bond acceptors (Lipinski definition) is 6. The van der Waals surface area contributed by atoms with Crippen molar-refractivity contribution in [2.45, 2.75) is 31.2 Å². The maximum absolute atomic E-state index is 10.4. The summed E-state index contributed by atoms with van der Waals surface area (Å²) in [7, 11) is 0. The van der Waals surface area contributed by atoms with Crippen LogP contribution < -0.4 is 5.32 Å². The lowest BCUT2D eigenvalue weighted by Crippen LogP contribution is -2.31. The smallest absolute Gasteiger partial charge is 0.165 e. The van der Waals surface area contributed by atoms with Gasteiger partial charge in [-0.15, -0.1) is 0 Å². The highest BCUT2D eigenvalue weighted by molar-refractivity contribution is 14.1. The number of imidazole rings is 1. The number of fused-ring (bicyclic) bond motifs is 2. The minimum absolute atomic E-state index is 0.168. The largest absolute Gasteiger partial charge is 0.390 e. The van der Waals surface area contributed by atoms with Crippen molar-refractivity contribution < 1.29 is 10.2 Å². The number of halogens is 1. The number of rotatable bonds is 4. The van der Waals surface area contributed by atoms with Gasteiger partial charge in [-0.1, -0.05) is 12.1 Å². The Balaban J connectivity index is 1.44. The summed E-state index contributed by atoms with van der Waals surface area (Å²) in [5, 5.41) is 23.8. The lowest BCUT2D eigenvalue weighted by Gasteiger charge is -2.22. The summed E-state index contributed by atoms with van der Waals surface area (Å²) < 4.78 is 3.09. The van der Waals surface area contributed by atoms with Gasteiger partial charge in [-0.2, -0.15) is 0 Å². The first kappa shape index (κ1) is 16.4. The van der Waals surface area contributed by atoms with Gasteiger partial charge in [0.05, 0.1) is 18.5 Å². The third-order valence-electron chi connectivity index (χ3n) is 5.50. The van der Waals surface area contributed by atoms with Gasteiger partial charge in [0.25, 0.3) is 0 Å². The van der Waals surface area contributed by atoms with E-state index in [1.807, 2.05) is 10.6 Å². The Morgan fingerprint density at radius 3 is 2.81 bits per heavy atom. The fourth-order valence-corrected chi connectivity index (χ4v) is 4.74. The van der Waals surface area contributed by atoms with Gasteiger partial charge in [0, 0.05) is 10.1 Å². The molecular weight excluding hydrogens is 445 g/mol. The zero-order valence-electron chi connectivity index (χ0n) is 13.8. The molecule has 2 aliphatic carbocycles. The van der Waals surface area contributed by atoms with E-state index in [2.05, 4.69) is 61.1 Å². The zero-order chi connectivity index (χ0) is 17.8. The third-order valence-corrected chi connectivity index (χ3v) is 6.17. The van der Waals surface area contributed by atoms with Crippen molar-refractivity contribution in [1.82, 2.24) is 19.5 Å². The average molecular weight is 463 g/mol. The van der Waals surface area contributed by atoms with Crippen molar-refractivity contribution in [2.75, 3.05) is 5.32 Å². The molecule has 7 nitrogen and oxygen atoms in total. The highest BCUT2D eigenvalue weighted by Crippen LogP contribution is 2.57. The number of nitrogens with zero attached hydrogens (tertiary/aromatic N) is 4. The van der Waals surface area contributed by atoms with E-state index in [0.29, 0.717) is 29.4 Å². The molecule has 2 saturated carbocycles. The summed E-state index contributed by atoms with van der Waals surface area (Å²) in [4.78, 5) is 13.2. The highest BCUT2D eigenvalue weighted by atomic mass is 127. The maximum atomic E-state index is 10.4. The van der Waals surface area contributed by atoms with Crippen LogP contribution in [0.3, 0.4) is 0 Å². The Morgan fingerprint density at radius 2 is 2.04 bits per heavy atom. The van der Waals surface area contributed by atoms with Crippen molar-refractivity contribution in [1.29, 1.82) is 0 Å². The van der Waals surface area contributed by atoms with Crippen LogP contribution in [0, 0.1) is 15.4 Å². The molecule has 0 amide bonds. The lowest BCUT2D eigenvalue weighted by molar-refractivity contribution is 0.00386. The van der Waals surface area contributed by atoms with Gasteiger partial charge in [0.15, 0.2) is 11.5 Å². The van der Waals surface area contributed by atoms with Crippen LogP contribution in [-0.4, -0.2) is 41.9 Å². The monoisotopic (exact) mass is 463 g/mol. The lowest BCUT2D eigenvalue weighted by atomic mass is 10.1. The second kappa shape index (κ2) is 6.14. The molecule has 3 N–H and O–H groups in total. The second-order valence-corrected chi connectivity index (χ2v) is 8.31. The first-order valence-electron chi connectivity index (χ1n) is 8.65. The molecule has 0 radical (unpaired) electrons. The van der Waals surface area contributed by atoms with Crippen molar-refractivity contribution in [3.05, 3.63) is 46.1 Å². The second-order valence-electron chi connectivity index (χ2n) is 7.06. The Kier molecular flexibility index (Phi) is 3.87. The first-order chi connectivity index (χ1) is 12.6. The topological polar surface area (TPSA) is 96.1 Å². The average Bonchev–Trinajstić information content (AvgIpc) is 3.24. The van der Waals surface area contributed by atoms with Crippen LogP contribution in [0.4, 0.5) is 5.82 Å². The molecule has 0 bridgehead atoms. The Labute approximate surface area is 163 Å². The van der Waals surface area contributed by atoms with E-state index in [0.717, 1.165) is 6.42 Å². The summed E-state index contributed by atoms with van der Waals surface area (Å²) >= 11 is 2.29. The SMILES string of the molecule is O[C@@H]1[C@H](O)[C@@H]2C[C@@H]2[C@H]1n1cnc2c(NCc3cccc(I)c3)ncnc21. The van der Waals surface area contributed by atoms with E-state index in [-0.39, 0.29) is 12.0 Å². The Morgan fingerprint density at radius 1 is 1.15 bits per heavy atom. The van der Waals surface area contributed by atoms with Crippen LogP contribution >= 0.6 is 22.6 Å². The van der Waals surface area contributed by atoms with Crippen LogP contribution in [0.1, 0.15) is 18.0 Å². The predicted molar refractivity (Wildman–Crippen MR) is 104 cm³/mol. The fourth-order valence-electron chi connectivity index (χ4n) is 4.13. The molecule has 0 unspecified atom stereocenters. The number of anilines is 1. The summed E-state index contributed by atoms with van der Waals surface area (Å²) in [5.74, 6) is 1.18. The van der Waals surface area contributed by atoms with Crippen LogP contribution in [0.15, 0.2) is 36.9 Å². The number of hydrogen-bond donors (Lipinski definition) is 3. The zero-order valence-corrected chi connectivity index (χ0v) is 16.0. The van der Waals surface area contributed by atoms with Crippen LogP contribution in [0.25, 0.3) is 11.2 Å². The van der Waals surface area contributed by atoms with E-state index in [1.54, 1.807) is 6.33 Å². The minimum atomic E-state index is -0.770. The predicted octanol–water partition coefficient (Wildman–Crippen LogP) is 1.96. The van der Waals surface area contributed by atoms with Crippen molar-refractivity contribution in [3.8, 4) is 0 Å². The van der Waals surface area contributed by atoms with E-state index >= 15 is 0 Å². The fraction of sp³-hybridized carbons (Fsp3) is 0.389. The Hall–Kier alpha value is -1.78. The van der Waals surface area contributed by atoms with Gasteiger partial charge < -0.3 is 20.1 Å². The normalized spacial score (nSPS) is 29.7. The van der Waals surface area contributed by atoms with Crippen molar-refractivity contribution >= 4 is 39.6 Å². The van der Waals surface area contributed by atoms with E-state index < -0.39 is 12.2 Å². The van der Waals surface area contributed by atoms with Gasteiger partial charge in [0.1, 0.15) is 17.9 Å². The van der Waals surface area contributed by atoms with Gasteiger partial charge >= 0.3 is 0 Å². The van der Waals surface area contributed by atoms with E-state index in [9.17, 15) is 10.2 Å². The van der Waals surface area contributed by atoms with Crippen LogP contribution in [0.2, 0.25) is 0 Å². The molecule has 2 fully saturated rings. The number of aromatic nitrogens is 4. The van der Waals surface area contributed by atoms with Crippen LogP contribution in [0.5, 0.6) is 0 Å². The molecule has 134 valence electrons. The molecule has 5 atom stereocenters. The van der Waals surface area contributed by atoms with Gasteiger partial charge in [-0.05, 0) is 58.5 Å². The minimum Gasteiger partial charge on any atom is -0.390 e. The molecule has 2 aliphatic rings. The van der Waals surface area contributed by atoms with Crippen molar-refractivity contribution in [2.24, 2.45) is 11.8 Å². The molecule has 3 aromatic rings. The third kappa shape index (κ3) is 2.58. The van der Waals surface area contributed by atoms with Gasteiger partial charge in [0.2, 0.25) is 0 Å². The molecule has 5 rings (SSSR count). The molecule has 1 aromatic carbocycles. The van der Waals surface area contributed by atoms with E-state index in [1.165, 1.54) is 15.5 Å². The molecule has 0 aliphatic heterocycles. The molecule has 2 heterocycles. The number of benzene rings is 1. The number of aliphatic hydroxyl groups excluding tert-OH is 2. The molecule has 8 heteroatoms. The molecule has 2 aromatic heterocycles. The summed E-state index contributed by atoms with van der Waals surface area (Å²) in [6, 6.07) is 8.10. The standard InChI is InChI=1S/C18H18IN5O2/c19-10-3-1-2-9(4-10)6-20-17-13-18(22-7-21-17)24(8-23-13)14-11-5-12(11)15(25)16(14)26/h1-4,7-8,11-12,14-16,25-26H,5-6H2,(H,20,21,22)/t11-,12+,14+,15+,16-/m0/s1. The summed E-state index contributed by atoms with van der Waals surface area (Å²) in [5.41, 5.74) is 2.54. The molecular formula is C18H18IN5O2. The van der Waals surface area contributed by atoms with Gasteiger partial charge in [-0.3, -0.25) is 0 Å². The van der Waals surface area contributed by atoms with Gasteiger partial charge in [-0.25, -0.2) is 15.0 Å². The van der Waals surface area contributed by atoms with E-state index in [4.69, 9.17) is 0 Å². The Bertz CT molecular complexity index is 977. The molecule has 26 heavy (non-hydrogen) atoms. The van der Waals surface area contributed by atoms with Crippen molar-refractivity contribution in [3.63, 3.8) is 0 Å². The first-order valence-corrected chi connectivity index (χ1v) is 9.73. The number of nitrogens with one attached hydrogen (secondary N) is 1. The highest BCUT2D eigenvalue weighted by Gasteiger charge is 2.60. The summed E-state index contributed by atoms with van der Waals surface area (Å²) in [6.45, 7) is 0.644. The maximum Gasteiger partial charge on any atom is 0.165 e. The quantitative estimate of drug-likeness (QED) is 0.513.